The number of aromatic nitrogens is 2. The van der Waals surface area contributed by atoms with Gasteiger partial charge in [0.05, 0.1) is 11.4 Å². The minimum atomic E-state index is -0.0478. The molecule has 0 spiro atoms. The number of nitrogens with zero attached hydrogens (tertiary/aromatic N) is 2. The highest BCUT2D eigenvalue weighted by Crippen LogP contribution is 2.50. The lowest BCUT2D eigenvalue weighted by molar-refractivity contribution is 0.660. The molecule has 0 bridgehead atoms. The molecule has 1 aliphatic rings. The molecule has 49 heavy (non-hydrogen) atoms. The highest BCUT2D eigenvalue weighted by molar-refractivity contribution is 6.13. The molecule has 0 radical (unpaired) electrons. The van der Waals surface area contributed by atoms with E-state index in [1.165, 1.54) is 33.4 Å². The number of fused-ring (bicyclic) bond motifs is 7. The molecule has 1 aliphatic carbocycles. The van der Waals surface area contributed by atoms with E-state index in [1.54, 1.807) is 0 Å². The Kier molecular flexibility index (Phi) is 5.92. The summed E-state index contributed by atoms with van der Waals surface area (Å²) in [5, 5.41) is 2.25. The second-order valence-electron chi connectivity index (χ2n) is 13.6. The van der Waals surface area contributed by atoms with Crippen molar-refractivity contribution in [3.8, 4) is 55.9 Å². The smallest absolute Gasteiger partial charge is 0.137 e. The number of rotatable bonds is 4. The molecule has 0 N–H and O–H groups in total. The van der Waals surface area contributed by atoms with E-state index in [4.69, 9.17) is 9.40 Å². The zero-order valence-electron chi connectivity index (χ0n) is 27.3. The number of imidazole rings is 1. The van der Waals surface area contributed by atoms with Gasteiger partial charge in [-0.25, -0.2) is 4.98 Å². The third kappa shape index (κ3) is 4.19. The highest BCUT2D eigenvalue weighted by Gasteiger charge is 2.35. The van der Waals surface area contributed by atoms with Crippen LogP contribution >= 0.6 is 0 Å². The van der Waals surface area contributed by atoms with Crippen LogP contribution < -0.4 is 0 Å². The monoisotopic (exact) mass is 628 g/mol. The van der Waals surface area contributed by atoms with Gasteiger partial charge in [-0.1, -0.05) is 123 Å². The second-order valence-corrected chi connectivity index (χ2v) is 13.6. The van der Waals surface area contributed by atoms with E-state index in [1.807, 2.05) is 6.07 Å². The number of hydrogen-bond acceptors (Lipinski definition) is 2. The van der Waals surface area contributed by atoms with Crippen molar-refractivity contribution in [2.75, 3.05) is 0 Å². The van der Waals surface area contributed by atoms with Crippen molar-refractivity contribution in [2.24, 2.45) is 0 Å². The Bertz CT molecular complexity index is 2750. The van der Waals surface area contributed by atoms with E-state index in [0.29, 0.717) is 0 Å². The molecule has 0 amide bonds. The van der Waals surface area contributed by atoms with E-state index in [0.717, 1.165) is 61.2 Å². The van der Waals surface area contributed by atoms with Crippen LogP contribution in [0.5, 0.6) is 0 Å². The zero-order valence-corrected chi connectivity index (χ0v) is 27.3. The molecule has 0 aliphatic heterocycles. The number of hydrogen-bond donors (Lipinski definition) is 0. The third-order valence-corrected chi connectivity index (χ3v) is 10.4. The predicted octanol–water partition coefficient (Wildman–Crippen LogP) is 12.2. The Morgan fingerprint density at radius 1 is 0.510 bits per heavy atom. The summed E-state index contributed by atoms with van der Waals surface area (Å²) in [4.78, 5) is 5.13. The fourth-order valence-corrected chi connectivity index (χ4v) is 8.03. The van der Waals surface area contributed by atoms with Crippen LogP contribution in [0.3, 0.4) is 0 Å². The molecule has 10 rings (SSSR count). The third-order valence-electron chi connectivity index (χ3n) is 10.4. The molecule has 3 aromatic heterocycles. The van der Waals surface area contributed by atoms with Gasteiger partial charge in [-0.15, -0.1) is 0 Å². The van der Waals surface area contributed by atoms with Crippen LogP contribution in [0.4, 0.5) is 0 Å². The first-order valence-electron chi connectivity index (χ1n) is 16.9. The highest BCUT2D eigenvalue weighted by atomic mass is 16.3. The van der Waals surface area contributed by atoms with Crippen LogP contribution in [-0.2, 0) is 5.41 Å². The van der Waals surface area contributed by atoms with E-state index in [9.17, 15) is 0 Å². The van der Waals surface area contributed by atoms with Crippen molar-refractivity contribution in [1.29, 1.82) is 0 Å². The van der Waals surface area contributed by atoms with Crippen molar-refractivity contribution in [3.05, 3.63) is 169 Å². The molecule has 9 aromatic rings. The summed E-state index contributed by atoms with van der Waals surface area (Å²) in [6.07, 6.45) is 2.09. The molecule has 0 saturated heterocycles. The fourth-order valence-electron chi connectivity index (χ4n) is 8.03. The van der Waals surface area contributed by atoms with Crippen LogP contribution in [-0.4, -0.2) is 9.38 Å². The molecule has 0 fully saturated rings. The molecule has 3 nitrogen and oxygen atoms in total. The summed E-state index contributed by atoms with van der Waals surface area (Å²) < 4.78 is 8.65. The normalized spacial score (nSPS) is 13.3. The van der Waals surface area contributed by atoms with Crippen LogP contribution in [0.15, 0.2) is 162 Å². The van der Waals surface area contributed by atoms with Gasteiger partial charge in [0, 0.05) is 33.5 Å². The van der Waals surface area contributed by atoms with Crippen molar-refractivity contribution in [3.63, 3.8) is 0 Å². The van der Waals surface area contributed by atoms with E-state index in [2.05, 4.69) is 170 Å². The Morgan fingerprint density at radius 3 is 2.14 bits per heavy atom. The number of furan rings is 1. The standard InChI is InChI=1S/C46H32N2O/c1-46(2)38-18-7-6-16-35(38)36-23-21-31(28-39(36)46)30-22-24-40-37(27-30)43-34(17-11-19-41(43)49-40)32-14-10-15-33(26-32)44-45(29-12-4-3-5-13-29)48-25-9-8-20-42(48)47-44/h3-28H,1-2H3. The Morgan fingerprint density at radius 2 is 1.22 bits per heavy atom. The van der Waals surface area contributed by atoms with E-state index in [-0.39, 0.29) is 5.41 Å². The molecule has 232 valence electrons. The minimum absolute atomic E-state index is 0.0478. The molecule has 0 unspecified atom stereocenters. The van der Waals surface area contributed by atoms with Gasteiger partial charge in [0.2, 0.25) is 0 Å². The Labute approximate surface area is 284 Å². The molecule has 6 aromatic carbocycles. The van der Waals surface area contributed by atoms with Gasteiger partial charge in [-0.3, -0.25) is 4.40 Å². The van der Waals surface area contributed by atoms with Crippen LogP contribution in [0.25, 0.3) is 83.5 Å². The SMILES string of the molecule is CC1(C)c2ccccc2-c2ccc(-c3ccc4oc5cccc(-c6cccc(-c7nc8ccccn8c7-c7ccccc7)c6)c5c4c3)cc21. The lowest BCUT2D eigenvalue weighted by atomic mass is 9.81. The van der Waals surface area contributed by atoms with Crippen molar-refractivity contribution in [2.45, 2.75) is 19.3 Å². The predicted molar refractivity (Wildman–Crippen MR) is 202 cm³/mol. The first-order valence-corrected chi connectivity index (χ1v) is 16.9. The summed E-state index contributed by atoms with van der Waals surface area (Å²) in [7, 11) is 0. The van der Waals surface area contributed by atoms with Gasteiger partial charge in [0.25, 0.3) is 0 Å². The average Bonchev–Trinajstić information content (AvgIpc) is 3.80. The summed E-state index contributed by atoms with van der Waals surface area (Å²) in [6.45, 7) is 4.67. The number of benzene rings is 6. The largest absolute Gasteiger partial charge is 0.456 e. The van der Waals surface area contributed by atoms with Crippen molar-refractivity contribution >= 4 is 27.6 Å². The van der Waals surface area contributed by atoms with Gasteiger partial charge in [-0.05, 0) is 87.0 Å². The Hall–Kier alpha value is -6.19. The minimum Gasteiger partial charge on any atom is -0.456 e. The van der Waals surface area contributed by atoms with E-state index >= 15 is 0 Å². The lowest BCUT2D eigenvalue weighted by Crippen LogP contribution is -2.14. The number of pyridine rings is 1. The molecular formula is C46H32N2O. The molecular weight excluding hydrogens is 597 g/mol. The molecule has 3 heteroatoms. The summed E-state index contributed by atoms with van der Waals surface area (Å²) in [5.74, 6) is 0. The maximum absolute atomic E-state index is 6.47. The van der Waals surface area contributed by atoms with Gasteiger partial charge < -0.3 is 4.42 Å². The topological polar surface area (TPSA) is 30.4 Å². The lowest BCUT2D eigenvalue weighted by Gasteiger charge is -2.22. The Balaban J connectivity index is 1.12. The first kappa shape index (κ1) is 27.9. The maximum atomic E-state index is 6.47. The van der Waals surface area contributed by atoms with Crippen molar-refractivity contribution in [1.82, 2.24) is 9.38 Å². The van der Waals surface area contributed by atoms with Crippen molar-refractivity contribution < 1.29 is 4.42 Å². The first-order chi connectivity index (χ1) is 24.0. The quantitative estimate of drug-likeness (QED) is 0.194. The maximum Gasteiger partial charge on any atom is 0.137 e. The van der Waals surface area contributed by atoms with Crippen LogP contribution in [0.2, 0.25) is 0 Å². The van der Waals surface area contributed by atoms with Crippen LogP contribution in [0, 0.1) is 0 Å². The summed E-state index contributed by atoms with van der Waals surface area (Å²) in [5.41, 5.74) is 17.1. The average molecular weight is 629 g/mol. The van der Waals surface area contributed by atoms with E-state index < -0.39 is 0 Å². The molecule has 0 saturated carbocycles. The van der Waals surface area contributed by atoms with Gasteiger partial charge in [-0.2, -0.15) is 0 Å². The second kappa shape index (κ2) is 10.4. The fraction of sp³-hybridized carbons (Fsp3) is 0.0652. The van der Waals surface area contributed by atoms with Gasteiger partial charge in [0.1, 0.15) is 16.8 Å². The zero-order chi connectivity index (χ0) is 32.7. The summed E-state index contributed by atoms with van der Waals surface area (Å²) in [6, 6.07) is 54.2. The van der Waals surface area contributed by atoms with Gasteiger partial charge in [0.15, 0.2) is 0 Å². The van der Waals surface area contributed by atoms with Gasteiger partial charge >= 0.3 is 0 Å². The summed E-state index contributed by atoms with van der Waals surface area (Å²) >= 11 is 0. The molecule has 3 heterocycles. The molecule has 0 atom stereocenters. The van der Waals surface area contributed by atoms with Crippen LogP contribution in [0.1, 0.15) is 25.0 Å².